The molecule has 0 aromatic carbocycles. The summed E-state index contributed by atoms with van der Waals surface area (Å²) in [6.07, 6.45) is 2.72. The second-order valence-electron chi connectivity index (χ2n) is 3.12. The molecule has 0 amide bonds. The van der Waals surface area contributed by atoms with Gasteiger partial charge in [0.05, 0.1) is 6.54 Å². The van der Waals surface area contributed by atoms with E-state index in [-0.39, 0.29) is 12.3 Å². The van der Waals surface area contributed by atoms with Crippen LogP contribution < -0.4 is 0 Å². The summed E-state index contributed by atoms with van der Waals surface area (Å²) in [5.74, 6) is 0.634. The molecular weight excluding hydrogens is 180 g/mol. The van der Waals surface area contributed by atoms with Gasteiger partial charge in [0.25, 0.3) is 0 Å². The molecule has 0 heterocycles. The fourth-order valence-electron chi connectivity index (χ4n) is 1.01. The van der Waals surface area contributed by atoms with Gasteiger partial charge in [-0.15, -0.1) is 0 Å². The molecular formula is C10H18N2O2. The van der Waals surface area contributed by atoms with Crippen LogP contribution in [-0.4, -0.2) is 34.4 Å². The minimum atomic E-state index is -0.701. The van der Waals surface area contributed by atoms with E-state index in [1.807, 2.05) is 6.92 Å². The Morgan fingerprint density at radius 3 is 2.50 bits per heavy atom. The number of carbonyl (C=O) groups excluding carboxylic acids is 1. The summed E-state index contributed by atoms with van der Waals surface area (Å²) in [5, 5.41) is 9.40. The van der Waals surface area contributed by atoms with Gasteiger partial charge in [-0.3, -0.25) is 4.79 Å². The third-order valence-corrected chi connectivity index (χ3v) is 1.67. The number of hydrogen-bond donors (Lipinski definition) is 1. The smallest absolute Gasteiger partial charge is 0.149 e. The summed E-state index contributed by atoms with van der Waals surface area (Å²) in [4.78, 5) is 16.5. The van der Waals surface area contributed by atoms with Gasteiger partial charge >= 0.3 is 0 Å². The monoisotopic (exact) mass is 198 g/mol. The lowest BCUT2D eigenvalue weighted by molar-refractivity contribution is -0.118. The van der Waals surface area contributed by atoms with E-state index in [2.05, 4.69) is 4.99 Å². The normalized spacial score (nSPS) is 14.5. The zero-order valence-electron chi connectivity index (χ0n) is 9.19. The number of aliphatic hydroxyl groups excluding tert-OH is 1. The molecule has 0 rings (SSSR count). The van der Waals surface area contributed by atoms with Gasteiger partial charge in [-0.1, -0.05) is 6.08 Å². The first-order valence-corrected chi connectivity index (χ1v) is 4.58. The maximum atomic E-state index is 10.9. The summed E-state index contributed by atoms with van der Waals surface area (Å²) in [5.41, 5.74) is 0. The zero-order valence-corrected chi connectivity index (χ0v) is 9.19. The van der Waals surface area contributed by atoms with Gasteiger partial charge < -0.3 is 10.0 Å². The van der Waals surface area contributed by atoms with Gasteiger partial charge in [-0.2, -0.15) is 0 Å². The van der Waals surface area contributed by atoms with Gasteiger partial charge in [0.15, 0.2) is 0 Å². The maximum absolute atomic E-state index is 10.9. The van der Waals surface area contributed by atoms with Crippen LogP contribution in [-0.2, 0) is 4.79 Å². The molecule has 1 unspecified atom stereocenters. The van der Waals surface area contributed by atoms with Gasteiger partial charge in [0.2, 0.25) is 0 Å². The lowest BCUT2D eigenvalue weighted by atomic mass is 10.3. The third-order valence-electron chi connectivity index (χ3n) is 1.67. The molecule has 0 spiro atoms. The predicted octanol–water partition coefficient (Wildman–Crippen LogP) is 1.17. The van der Waals surface area contributed by atoms with E-state index in [1.54, 1.807) is 31.0 Å². The number of nitrogens with zero attached hydrogens (tertiary/aromatic N) is 2. The van der Waals surface area contributed by atoms with Crippen LogP contribution in [0.2, 0.25) is 0 Å². The van der Waals surface area contributed by atoms with E-state index in [1.165, 1.54) is 6.92 Å². The summed E-state index contributed by atoms with van der Waals surface area (Å²) in [6, 6.07) is 0. The van der Waals surface area contributed by atoms with E-state index < -0.39 is 6.23 Å². The van der Waals surface area contributed by atoms with Gasteiger partial charge in [-0.25, -0.2) is 4.99 Å². The first-order valence-electron chi connectivity index (χ1n) is 4.58. The minimum Gasteiger partial charge on any atom is -0.374 e. The average Bonchev–Trinajstić information content (AvgIpc) is 2.09. The molecule has 0 aliphatic rings. The first-order chi connectivity index (χ1) is 6.49. The van der Waals surface area contributed by atoms with Crippen LogP contribution >= 0.6 is 0 Å². The van der Waals surface area contributed by atoms with Crippen LogP contribution in [0.1, 0.15) is 27.7 Å². The van der Waals surface area contributed by atoms with Gasteiger partial charge in [0, 0.05) is 6.20 Å². The quantitative estimate of drug-likeness (QED) is 0.419. The van der Waals surface area contributed by atoms with Crippen molar-refractivity contribution in [1.82, 2.24) is 4.90 Å². The van der Waals surface area contributed by atoms with E-state index in [0.717, 1.165) is 0 Å². The molecule has 0 fully saturated rings. The Hall–Kier alpha value is -1.16. The SMILES string of the molecule is C/C=C\N=C(C)N(CC(C)=O)C(C)O. The lowest BCUT2D eigenvalue weighted by Gasteiger charge is -2.25. The molecule has 4 nitrogen and oxygen atoms in total. The summed E-state index contributed by atoms with van der Waals surface area (Å²) in [7, 11) is 0. The Balaban J connectivity index is 4.56. The minimum absolute atomic E-state index is 0.000859. The topological polar surface area (TPSA) is 52.9 Å². The average molecular weight is 198 g/mol. The van der Waals surface area contributed by atoms with Crippen molar-refractivity contribution >= 4 is 11.6 Å². The number of rotatable bonds is 4. The van der Waals surface area contributed by atoms with Crippen molar-refractivity contribution in [3.8, 4) is 0 Å². The Labute approximate surface area is 84.9 Å². The number of aliphatic hydroxyl groups is 1. The van der Waals surface area contributed by atoms with E-state index >= 15 is 0 Å². The fourth-order valence-corrected chi connectivity index (χ4v) is 1.01. The highest BCUT2D eigenvalue weighted by atomic mass is 16.3. The number of allylic oxidation sites excluding steroid dienone is 1. The van der Waals surface area contributed by atoms with Crippen LogP contribution in [0.4, 0.5) is 0 Å². The number of amidine groups is 1. The molecule has 0 saturated heterocycles. The molecule has 0 aromatic heterocycles. The molecule has 80 valence electrons. The van der Waals surface area contributed by atoms with Crippen LogP contribution in [0.5, 0.6) is 0 Å². The molecule has 1 atom stereocenters. The second-order valence-corrected chi connectivity index (χ2v) is 3.12. The highest BCUT2D eigenvalue weighted by Gasteiger charge is 2.13. The number of ketones is 1. The van der Waals surface area contributed by atoms with E-state index in [9.17, 15) is 9.90 Å². The molecule has 0 aliphatic carbocycles. The maximum Gasteiger partial charge on any atom is 0.149 e. The molecule has 0 aromatic rings. The Morgan fingerprint density at radius 1 is 1.57 bits per heavy atom. The third kappa shape index (κ3) is 4.77. The van der Waals surface area contributed by atoms with Gasteiger partial charge in [-0.05, 0) is 27.7 Å². The van der Waals surface area contributed by atoms with E-state index in [4.69, 9.17) is 0 Å². The van der Waals surface area contributed by atoms with Crippen molar-refractivity contribution < 1.29 is 9.90 Å². The lowest BCUT2D eigenvalue weighted by Crippen LogP contribution is -2.40. The van der Waals surface area contributed by atoms with Crippen molar-refractivity contribution in [2.45, 2.75) is 33.9 Å². The first kappa shape index (κ1) is 12.8. The van der Waals surface area contributed by atoms with Crippen molar-refractivity contribution in [2.24, 2.45) is 4.99 Å². The Bertz CT molecular complexity index is 245. The molecule has 0 bridgehead atoms. The molecule has 0 saturated carbocycles. The summed E-state index contributed by atoms with van der Waals surface area (Å²) >= 11 is 0. The predicted molar refractivity (Wildman–Crippen MR) is 57.0 cm³/mol. The fraction of sp³-hybridized carbons (Fsp3) is 0.600. The Kier molecular flexibility index (Phi) is 5.79. The number of hydrogen-bond acceptors (Lipinski definition) is 3. The van der Waals surface area contributed by atoms with Crippen molar-refractivity contribution in [3.63, 3.8) is 0 Å². The number of aliphatic imine (C=N–C) groups is 1. The molecule has 0 aliphatic heterocycles. The molecule has 1 N–H and O–H groups in total. The summed E-state index contributed by atoms with van der Waals surface area (Å²) < 4.78 is 0. The number of carbonyl (C=O) groups is 1. The largest absolute Gasteiger partial charge is 0.374 e. The zero-order chi connectivity index (χ0) is 11.1. The highest BCUT2D eigenvalue weighted by molar-refractivity contribution is 5.86. The number of Topliss-reactive ketones (excluding diaryl/α,β-unsaturated/α-hetero) is 1. The van der Waals surface area contributed by atoms with E-state index in [0.29, 0.717) is 5.84 Å². The summed E-state index contributed by atoms with van der Waals surface area (Å²) in [6.45, 7) is 6.89. The van der Waals surface area contributed by atoms with Crippen LogP contribution in [0.3, 0.4) is 0 Å². The van der Waals surface area contributed by atoms with Crippen molar-refractivity contribution in [2.75, 3.05) is 6.54 Å². The van der Waals surface area contributed by atoms with Crippen LogP contribution in [0, 0.1) is 0 Å². The van der Waals surface area contributed by atoms with Crippen LogP contribution in [0.25, 0.3) is 0 Å². The van der Waals surface area contributed by atoms with Crippen molar-refractivity contribution in [3.05, 3.63) is 12.3 Å². The molecule has 0 radical (unpaired) electrons. The molecule has 14 heavy (non-hydrogen) atoms. The van der Waals surface area contributed by atoms with Crippen LogP contribution in [0.15, 0.2) is 17.3 Å². The standard InChI is InChI=1S/C10H18N2O2/c1-5-6-11-9(3)12(10(4)14)7-8(2)13/h5-6,10,14H,7H2,1-4H3/b6-5-,11-9?. The van der Waals surface area contributed by atoms with Crippen molar-refractivity contribution in [1.29, 1.82) is 0 Å². The Morgan fingerprint density at radius 2 is 2.14 bits per heavy atom. The second kappa shape index (κ2) is 6.32. The molecule has 4 heteroatoms. The highest BCUT2D eigenvalue weighted by Crippen LogP contribution is 1.99. The van der Waals surface area contributed by atoms with Gasteiger partial charge in [0.1, 0.15) is 17.8 Å².